The van der Waals surface area contributed by atoms with Crippen molar-refractivity contribution >= 4 is 40.2 Å². The molecule has 154 valence electrons. The Labute approximate surface area is 178 Å². The molecule has 2 heterocycles. The Morgan fingerprint density at radius 3 is 2.60 bits per heavy atom. The van der Waals surface area contributed by atoms with Crippen molar-refractivity contribution in [3.05, 3.63) is 76.1 Å². The molecule has 1 aliphatic heterocycles. The average Bonchev–Trinajstić information content (AvgIpc) is 3.16. The SMILES string of the molecule is CCOC(=O)c1cn(CC)c2ccc(N3C(=O)CSC3c3ccccc3)cc2c1=O. The van der Waals surface area contributed by atoms with E-state index < -0.39 is 5.97 Å². The number of esters is 1. The molecule has 0 spiro atoms. The molecule has 0 saturated carbocycles. The molecule has 0 aliphatic carbocycles. The average molecular weight is 423 g/mol. The molecule has 0 N–H and O–H groups in total. The molecule has 30 heavy (non-hydrogen) atoms. The standard InChI is InChI=1S/C23H22N2O4S/c1-3-24-13-18(23(28)29-4-2)21(27)17-12-16(10-11-19(17)24)25-20(26)14-30-22(25)15-8-6-5-7-9-15/h5-13,22H,3-4,14H2,1-2H3. The number of aromatic nitrogens is 1. The fraction of sp³-hybridized carbons (Fsp3) is 0.261. The van der Waals surface area contributed by atoms with Crippen LogP contribution in [0.25, 0.3) is 10.9 Å². The zero-order chi connectivity index (χ0) is 21.3. The number of thioether (sulfide) groups is 1. The van der Waals surface area contributed by atoms with Gasteiger partial charge in [0.15, 0.2) is 0 Å². The zero-order valence-electron chi connectivity index (χ0n) is 16.8. The van der Waals surface area contributed by atoms with Gasteiger partial charge in [0.2, 0.25) is 11.3 Å². The molecule has 0 radical (unpaired) electrons. The predicted molar refractivity (Wildman–Crippen MR) is 119 cm³/mol. The minimum atomic E-state index is -0.632. The highest BCUT2D eigenvalue weighted by molar-refractivity contribution is 8.00. The van der Waals surface area contributed by atoms with Crippen molar-refractivity contribution in [2.75, 3.05) is 17.3 Å². The lowest BCUT2D eigenvalue weighted by molar-refractivity contribution is -0.115. The molecule has 4 rings (SSSR count). The highest BCUT2D eigenvalue weighted by atomic mass is 32.2. The number of carbonyl (C=O) groups excluding carboxylic acids is 2. The number of aryl methyl sites for hydroxylation is 1. The summed E-state index contributed by atoms with van der Waals surface area (Å²) in [5.41, 5.74) is 2.01. The van der Waals surface area contributed by atoms with E-state index in [-0.39, 0.29) is 28.9 Å². The maximum absolute atomic E-state index is 13.1. The summed E-state index contributed by atoms with van der Waals surface area (Å²) in [6.45, 7) is 4.43. The van der Waals surface area contributed by atoms with Crippen LogP contribution in [0, 0.1) is 0 Å². The summed E-state index contributed by atoms with van der Waals surface area (Å²) in [5, 5.41) is 0.245. The second-order valence-corrected chi connectivity index (χ2v) is 7.99. The van der Waals surface area contributed by atoms with Crippen LogP contribution in [0.15, 0.2) is 59.5 Å². The molecule has 1 saturated heterocycles. The zero-order valence-corrected chi connectivity index (χ0v) is 17.6. The number of nitrogens with zero attached hydrogens (tertiary/aromatic N) is 2. The molecule has 0 bridgehead atoms. The number of hydrogen-bond donors (Lipinski definition) is 0. The van der Waals surface area contributed by atoms with Gasteiger partial charge in [-0.1, -0.05) is 30.3 Å². The topological polar surface area (TPSA) is 68.6 Å². The van der Waals surface area contributed by atoms with Crippen molar-refractivity contribution < 1.29 is 14.3 Å². The summed E-state index contributed by atoms with van der Waals surface area (Å²) in [6, 6.07) is 15.2. The molecule has 2 aromatic carbocycles. The number of anilines is 1. The lowest BCUT2D eigenvalue weighted by atomic mass is 10.1. The van der Waals surface area contributed by atoms with Crippen molar-refractivity contribution in [3.8, 4) is 0 Å². The maximum atomic E-state index is 13.1. The molecular weight excluding hydrogens is 400 g/mol. The quantitative estimate of drug-likeness (QED) is 0.582. The Hall–Kier alpha value is -3.06. The van der Waals surface area contributed by atoms with E-state index in [1.807, 2.05) is 54.0 Å². The third kappa shape index (κ3) is 3.50. The number of hydrogen-bond acceptors (Lipinski definition) is 5. The Morgan fingerprint density at radius 2 is 1.90 bits per heavy atom. The summed E-state index contributed by atoms with van der Waals surface area (Å²) in [7, 11) is 0. The maximum Gasteiger partial charge on any atom is 0.343 e. The van der Waals surface area contributed by atoms with Crippen LogP contribution in [0.1, 0.15) is 35.1 Å². The van der Waals surface area contributed by atoms with Crippen molar-refractivity contribution in [1.29, 1.82) is 0 Å². The van der Waals surface area contributed by atoms with E-state index in [0.29, 0.717) is 23.4 Å². The van der Waals surface area contributed by atoms with E-state index in [2.05, 4.69) is 0 Å². The minimum absolute atomic E-state index is 0.00471. The van der Waals surface area contributed by atoms with Crippen molar-refractivity contribution in [2.45, 2.75) is 25.8 Å². The van der Waals surface area contributed by atoms with Gasteiger partial charge in [0.05, 0.1) is 17.9 Å². The first-order valence-electron chi connectivity index (χ1n) is 9.88. The van der Waals surface area contributed by atoms with Crippen LogP contribution in [0.5, 0.6) is 0 Å². The summed E-state index contributed by atoms with van der Waals surface area (Å²) in [6.07, 6.45) is 1.55. The highest BCUT2D eigenvalue weighted by Gasteiger charge is 2.34. The van der Waals surface area contributed by atoms with Gasteiger partial charge in [-0.15, -0.1) is 11.8 Å². The molecule has 1 amide bonds. The van der Waals surface area contributed by atoms with Gasteiger partial charge >= 0.3 is 5.97 Å². The van der Waals surface area contributed by atoms with E-state index in [4.69, 9.17) is 4.74 Å². The van der Waals surface area contributed by atoms with E-state index >= 15 is 0 Å². The third-order valence-corrected chi connectivity index (χ3v) is 6.34. The van der Waals surface area contributed by atoms with Crippen LogP contribution < -0.4 is 10.3 Å². The lowest BCUT2D eigenvalue weighted by Crippen LogP contribution is -2.28. The monoisotopic (exact) mass is 422 g/mol. The molecule has 7 heteroatoms. The number of benzene rings is 2. The first-order chi connectivity index (χ1) is 14.5. The Morgan fingerprint density at radius 1 is 1.13 bits per heavy atom. The summed E-state index contributed by atoms with van der Waals surface area (Å²) >= 11 is 1.56. The molecule has 1 fully saturated rings. The molecule has 1 atom stereocenters. The lowest BCUT2D eigenvalue weighted by Gasteiger charge is -2.25. The van der Waals surface area contributed by atoms with Gasteiger partial charge in [0, 0.05) is 23.8 Å². The summed E-state index contributed by atoms with van der Waals surface area (Å²) in [5.74, 6) is -0.267. The van der Waals surface area contributed by atoms with Gasteiger partial charge in [-0.2, -0.15) is 0 Å². The van der Waals surface area contributed by atoms with Gasteiger partial charge in [0.25, 0.3) is 0 Å². The second-order valence-electron chi connectivity index (χ2n) is 6.92. The van der Waals surface area contributed by atoms with E-state index in [1.54, 1.807) is 35.8 Å². The number of carbonyl (C=O) groups is 2. The molecular formula is C23H22N2O4S. The van der Waals surface area contributed by atoms with Gasteiger partial charge in [-0.05, 0) is 37.6 Å². The number of ether oxygens (including phenoxy) is 1. The van der Waals surface area contributed by atoms with Gasteiger partial charge in [-0.25, -0.2) is 4.79 Å². The van der Waals surface area contributed by atoms with Crippen molar-refractivity contribution in [1.82, 2.24) is 4.57 Å². The van der Waals surface area contributed by atoms with Crippen LogP contribution >= 0.6 is 11.8 Å². The summed E-state index contributed by atoms with van der Waals surface area (Å²) < 4.78 is 6.91. The third-order valence-electron chi connectivity index (χ3n) is 5.13. The molecule has 3 aromatic rings. The summed E-state index contributed by atoms with van der Waals surface area (Å²) in [4.78, 5) is 39.8. The van der Waals surface area contributed by atoms with E-state index in [9.17, 15) is 14.4 Å². The fourth-order valence-corrected chi connectivity index (χ4v) is 4.90. The van der Waals surface area contributed by atoms with Gasteiger partial charge in [-0.3, -0.25) is 14.5 Å². The normalized spacial score (nSPS) is 16.3. The van der Waals surface area contributed by atoms with Crippen LogP contribution in [-0.4, -0.2) is 28.8 Å². The number of pyridine rings is 1. The van der Waals surface area contributed by atoms with Crippen LogP contribution in [0.4, 0.5) is 5.69 Å². The molecule has 6 nitrogen and oxygen atoms in total. The number of amides is 1. The molecule has 1 aliphatic rings. The van der Waals surface area contributed by atoms with Crippen LogP contribution in [-0.2, 0) is 16.1 Å². The van der Waals surface area contributed by atoms with Gasteiger partial charge < -0.3 is 9.30 Å². The first kappa shape index (κ1) is 20.2. The Bertz CT molecular complexity index is 1170. The molecule has 1 unspecified atom stereocenters. The van der Waals surface area contributed by atoms with E-state index in [1.165, 1.54) is 0 Å². The van der Waals surface area contributed by atoms with Gasteiger partial charge in [0.1, 0.15) is 10.9 Å². The number of rotatable bonds is 5. The Balaban J connectivity index is 1.86. The highest BCUT2D eigenvalue weighted by Crippen LogP contribution is 2.42. The molecule has 1 aromatic heterocycles. The minimum Gasteiger partial charge on any atom is -0.462 e. The van der Waals surface area contributed by atoms with Crippen molar-refractivity contribution in [2.24, 2.45) is 0 Å². The Kier molecular flexibility index (Phi) is 5.63. The smallest absolute Gasteiger partial charge is 0.343 e. The first-order valence-corrected chi connectivity index (χ1v) is 10.9. The predicted octanol–water partition coefficient (Wildman–Crippen LogP) is 3.98. The second kappa shape index (κ2) is 8.36. The largest absolute Gasteiger partial charge is 0.462 e. The number of fused-ring (bicyclic) bond motifs is 1. The van der Waals surface area contributed by atoms with Crippen LogP contribution in [0.2, 0.25) is 0 Å². The van der Waals surface area contributed by atoms with E-state index in [0.717, 1.165) is 11.1 Å². The van der Waals surface area contributed by atoms with Crippen LogP contribution in [0.3, 0.4) is 0 Å². The van der Waals surface area contributed by atoms with Crippen molar-refractivity contribution in [3.63, 3.8) is 0 Å². The fourth-order valence-electron chi connectivity index (χ4n) is 3.72.